The molecule has 0 unspecified atom stereocenters. The zero-order chi connectivity index (χ0) is 24.2. The van der Waals surface area contributed by atoms with Crippen LogP contribution in [0.5, 0.6) is 5.75 Å². The second-order valence-corrected chi connectivity index (χ2v) is 10.1. The molecule has 1 N–H and O–H groups in total. The molecule has 1 aromatic heterocycles. The predicted molar refractivity (Wildman–Crippen MR) is 121 cm³/mol. The van der Waals surface area contributed by atoms with Gasteiger partial charge in [0.25, 0.3) is 0 Å². The number of hydrogen-bond acceptors (Lipinski definition) is 8. The molecule has 0 radical (unpaired) electrons. The first-order chi connectivity index (χ1) is 15.7. The minimum Gasteiger partial charge on any atom is -0.487 e. The van der Waals surface area contributed by atoms with Gasteiger partial charge in [0.15, 0.2) is 0 Å². The number of fused-ring (bicyclic) bond motifs is 1. The minimum atomic E-state index is -3.95. The number of carbonyl (C=O) groups excluding carboxylic acids is 1. The van der Waals surface area contributed by atoms with E-state index < -0.39 is 22.2 Å². The molecular weight excluding hydrogens is 448 g/mol. The topological polar surface area (TPSA) is 122 Å². The summed E-state index contributed by atoms with van der Waals surface area (Å²) in [4.78, 5) is 21.8. The van der Waals surface area contributed by atoms with Gasteiger partial charge < -0.3 is 19.5 Å². The molecule has 2 aromatic rings. The van der Waals surface area contributed by atoms with Crippen molar-refractivity contribution in [1.29, 1.82) is 0 Å². The molecule has 0 spiro atoms. The van der Waals surface area contributed by atoms with Crippen LogP contribution in [0.3, 0.4) is 0 Å². The van der Waals surface area contributed by atoms with Crippen molar-refractivity contribution in [3.63, 3.8) is 0 Å². The van der Waals surface area contributed by atoms with Crippen LogP contribution in [0.1, 0.15) is 13.8 Å². The van der Waals surface area contributed by atoms with Gasteiger partial charge in [-0.25, -0.2) is 18.4 Å². The molecule has 1 aromatic carbocycles. The molecule has 1 aliphatic rings. The summed E-state index contributed by atoms with van der Waals surface area (Å²) in [6, 6.07) is 4.19. The zero-order valence-electron chi connectivity index (χ0n) is 19.2. The first-order valence-electron chi connectivity index (χ1n) is 10.6. The third kappa shape index (κ3) is 5.49. The van der Waals surface area contributed by atoms with Gasteiger partial charge in [0, 0.05) is 50.6 Å². The molecule has 0 saturated carbocycles. The molecule has 3 atom stereocenters. The summed E-state index contributed by atoms with van der Waals surface area (Å²) in [5.74, 6) is -0.307. The largest absolute Gasteiger partial charge is 0.487 e. The summed E-state index contributed by atoms with van der Waals surface area (Å²) in [7, 11) is -0.844. The molecule has 10 nitrogen and oxygen atoms in total. The van der Waals surface area contributed by atoms with Crippen LogP contribution in [0, 0.1) is 5.92 Å². The summed E-state index contributed by atoms with van der Waals surface area (Å²) in [5.41, 5.74) is 1.41. The number of aromatic nitrogens is 2. The highest BCUT2D eigenvalue weighted by atomic mass is 32.2. The molecule has 0 fully saturated rings. The lowest BCUT2D eigenvalue weighted by Crippen LogP contribution is -2.50. The lowest BCUT2D eigenvalue weighted by molar-refractivity contribution is -0.135. The number of ether oxygens (including phenoxy) is 2. The van der Waals surface area contributed by atoms with E-state index in [2.05, 4.69) is 9.97 Å². The van der Waals surface area contributed by atoms with Gasteiger partial charge in [-0.05, 0) is 24.6 Å². The van der Waals surface area contributed by atoms with Crippen molar-refractivity contribution in [3.05, 3.63) is 36.9 Å². The molecular formula is C22H30N4O6S. The van der Waals surface area contributed by atoms with Crippen molar-refractivity contribution in [2.45, 2.75) is 30.9 Å². The Labute approximate surface area is 194 Å². The number of benzene rings is 1. The highest BCUT2D eigenvalue weighted by Gasteiger charge is 2.38. The van der Waals surface area contributed by atoms with Crippen LogP contribution in [0.4, 0.5) is 0 Å². The van der Waals surface area contributed by atoms with E-state index in [1.54, 1.807) is 38.5 Å². The van der Waals surface area contributed by atoms with Crippen LogP contribution in [-0.2, 0) is 19.6 Å². The van der Waals surface area contributed by atoms with E-state index in [1.807, 2.05) is 6.92 Å². The van der Waals surface area contributed by atoms with Crippen LogP contribution in [-0.4, -0.2) is 91.2 Å². The van der Waals surface area contributed by atoms with E-state index in [0.29, 0.717) is 11.1 Å². The average Bonchev–Trinajstić information content (AvgIpc) is 2.81. The van der Waals surface area contributed by atoms with E-state index in [0.717, 1.165) is 0 Å². The quantitative estimate of drug-likeness (QED) is 0.626. The van der Waals surface area contributed by atoms with Crippen LogP contribution in [0.2, 0.25) is 0 Å². The molecule has 3 rings (SSSR count). The average molecular weight is 479 g/mol. The fourth-order valence-corrected chi connectivity index (χ4v) is 5.50. The third-order valence-electron chi connectivity index (χ3n) is 5.71. The summed E-state index contributed by atoms with van der Waals surface area (Å²) in [5, 5.41) is 9.73. The van der Waals surface area contributed by atoms with E-state index in [1.165, 1.54) is 28.7 Å². The second-order valence-electron chi connectivity index (χ2n) is 8.24. The number of methoxy groups -OCH3 is 1. The van der Waals surface area contributed by atoms with E-state index in [9.17, 15) is 18.3 Å². The standard InChI is InChI=1S/C22H30N4O6S/c1-15-10-26(16(2)12-27)33(29,30)21-6-5-17(18-8-23-14-24-9-18)7-19(21)32-20(15)11-25(3)22(28)13-31-4/h5-9,14-16,20,27H,10-13H2,1-4H3/t15-,16+,20+/m1/s1. The summed E-state index contributed by atoms with van der Waals surface area (Å²) in [6.07, 6.45) is 4.17. The normalized spacial score (nSPS) is 21.2. The van der Waals surface area contributed by atoms with Crippen molar-refractivity contribution in [1.82, 2.24) is 19.2 Å². The number of aliphatic hydroxyl groups is 1. The lowest BCUT2D eigenvalue weighted by atomic mass is 10.0. The number of sulfonamides is 1. The third-order valence-corrected chi connectivity index (χ3v) is 7.73. The second kappa shape index (κ2) is 10.6. The maximum absolute atomic E-state index is 13.5. The summed E-state index contributed by atoms with van der Waals surface area (Å²) >= 11 is 0. The Bertz CT molecular complexity index is 1070. The Hall–Kier alpha value is -2.60. The number of amides is 1. The molecule has 2 heterocycles. The fraction of sp³-hybridized carbons (Fsp3) is 0.500. The van der Waals surface area contributed by atoms with Crippen molar-refractivity contribution >= 4 is 15.9 Å². The Morgan fingerprint density at radius 2 is 2.03 bits per heavy atom. The minimum absolute atomic E-state index is 0.00571. The number of nitrogens with zero attached hydrogens (tertiary/aromatic N) is 4. The van der Waals surface area contributed by atoms with Gasteiger partial charge in [-0.3, -0.25) is 4.79 Å². The van der Waals surface area contributed by atoms with Crippen molar-refractivity contribution < 1.29 is 27.8 Å². The van der Waals surface area contributed by atoms with Gasteiger partial charge >= 0.3 is 0 Å². The Balaban J connectivity index is 2.08. The molecule has 0 saturated heterocycles. The van der Waals surface area contributed by atoms with Gasteiger partial charge in [0.2, 0.25) is 15.9 Å². The molecule has 0 bridgehead atoms. The van der Waals surface area contributed by atoms with Gasteiger partial charge in [-0.1, -0.05) is 13.0 Å². The molecule has 33 heavy (non-hydrogen) atoms. The molecule has 0 aliphatic carbocycles. The van der Waals surface area contributed by atoms with Gasteiger partial charge in [0.1, 0.15) is 29.7 Å². The van der Waals surface area contributed by atoms with Crippen molar-refractivity contribution in [2.75, 3.05) is 40.5 Å². The number of rotatable bonds is 7. The monoisotopic (exact) mass is 478 g/mol. The fourth-order valence-electron chi connectivity index (χ4n) is 3.68. The smallest absolute Gasteiger partial charge is 0.248 e. The van der Waals surface area contributed by atoms with Crippen LogP contribution >= 0.6 is 0 Å². The van der Waals surface area contributed by atoms with Gasteiger partial charge in [0.05, 0.1) is 13.2 Å². The molecule has 11 heteroatoms. The number of carbonyl (C=O) groups is 1. The Morgan fingerprint density at radius 1 is 1.33 bits per heavy atom. The SMILES string of the molecule is COCC(=O)N(C)C[C@@H]1Oc2cc(-c3cncnc3)ccc2S(=O)(=O)N([C@@H](C)CO)C[C@H]1C. The van der Waals surface area contributed by atoms with Crippen LogP contribution in [0.15, 0.2) is 41.8 Å². The first-order valence-corrected chi connectivity index (χ1v) is 12.0. The van der Waals surface area contributed by atoms with Crippen molar-refractivity contribution in [3.8, 4) is 16.9 Å². The molecule has 1 aliphatic heterocycles. The number of likely N-dealkylation sites (N-methyl/N-ethyl adjacent to an activating group) is 1. The molecule has 1 amide bonds. The Morgan fingerprint density at radius 3 is 2.67 bits per heavy atom. The summed E-state index contributed by atoms with van der Waals surface area (Å²) in [6.45, 7) is 3.52. The Kier molecular flexibility index (Phi) is 8.01. The first kappa shape index (κ1) is 25.0. The number of aliphatic hydroxyl groups excluding tert-OH is 1. The number of hydrogen-bond donors (Lipinski definition) is 1. The predicted octanol–water partition coefficient (Wildman–Crippen LogP) is 1.02. The van der Waals surface area contributed by atoms with Gasteiger partial charge in [-0.15, -0.1) is 0 Å². The maximum Gasteiger partial charge on any atom is 0.248 e. The van der Waals surface area contributed by atoms with E-state index >= 15 is 0 Å². The maximum atomic E-state index is 13.5. The highest BCUT2D eigenvalue weighted by Crippen LogP contribution is 2.36. The van der Waals surface area contributed by atoms with Gasteiger partial charge in [-0.2, -0.15) is 4.31 Å². The van der Waals surface area contributed by atoms with Crippen molar-refractivity contribution in [2.24, 2.45) is 5.92 Å². The van der Waals surface area contributed by atoms with E-state index in [-0.39, 0.29) is 48.8 Å². The highest BCUT2D eigenvalue weighted by molar-refractivity contribution is 7.89. The molecule has 180 valence electrons. The van der Waals surface area contributed by atoms with Crippen LogP contribution < -0.4 is 4.74 Å². The zero-order valence-corrected chi connectivity index (χ0v) is 20.0. The van der Waals surface area contributed by atoms with Crippen LogP contribution in [0.25, 0.3) is 11.1 Å². The lowest BCUT2D eigenvalue weighted by Gasteiger charge is -2.37. The van der Waals surface area contributed by atoms with E-state index in [4.69, 9.17) is 9.47 Å². The summed E-state index contributed by atoms with van der Waals surface area (Å²) < 4.78 is 39.5.